The van der Waals surface area contributed by atoms with Gasteiger partial charge >= 0.3 is 5.97 Å². The summed E-state index contributed by atoms with van der Waals surface area (Å²) in [5.41, 5.74) is 5.51. The van der Waals surface area contributed by atoms with Crippen molar-refractivity contribution in [3.63, 3.8) is 0 Å². The average molecular weight is 402 g/mol. The molecule has 0 heterocycles. The third kappa shape index (κ3) is 5.62. The van der Waals surface area contributed by atoms with Crippen LogP contribution in [-0.4, -0.2) is 25.2 Å². The van der Waals surface area contributed by atoms with Gasteiger partial charge in [-0.15, -0.1) is 0 Å². The zero-order valence-corrected chi connectivity index (χ0v) is 16.7. The number of nitrogens with zero attached hydrogens (tertiary/aromatic N) is 1. The molecule has 3 rings (SSSR count). The van der Waals surface area contributed by atoms with Gasteiger partial charge in [-0.25, -0.2) is 10.2 Å². The van der Waals surface area contributed by atoms with E-state index >= 15 is 0 Å². The summed E-state index contributed by atoms with van der Waals surface area (Å²) in [7, 11) is 1.47. The number of hydrazone groups is 1. The van der Waals surface area contributed by atoms with Crippen LogP contribution in [0.3, 0.4) is 0 Å². The molecule has 152 valence electrons. The van der Waals surface area contributed by atoms with Crippen LogP contribution in [0.2, 0.25) is 0 Å². The number of carbonyl (C=O) groups is 2. The molecule has 0 bridgehead atoms. The van der Waals surface area contributed by atoms with Crippen molar-refractivity contribution >= 4 is 18.1 Å². The number of benzene rings is 3. The molecule has 0 aliphatic carbocycles. The minimum atomic E-state index is -0.744. The first-order valence-electron chi connectivity index (χ1n) is 9.36. The Morgan fingerprint density at radius 1 is 0.933 bits per heavy atom. The minimum Gasteiger partial charge on any atom is -0.423 e. The lowest BCUT2D eigenvalue weighted by molar-refractivity contribution is -0.131. The quantitative estimate of drug-likeness (QED) is 0.280. The van der Waals surface area contributed by atoms with Crippen molar-refractivity contribution in [2.75, 3.05) is 7.11 Å². The van der Waals surface area contributed by atoms with Crippen LogP contribution in [0, 0.1) is 6.92 Å². The van der Waals surface area contributed by atoms with Crippen LogP contribution >= 0.6 is 0 Å². The number of methoxy groups -OCH3 is 1. The number of esters is 1. The maximum atomic E-state index is 12.3. The SMILES string of the molecule is CO[C@H](C(=O)N/N=C\c1ccc(OC(=O)c2ccc(C)cc2)cc1)c1ccccc1. The van der Waals surface area contributed by atoms with E-state index in [1.165, 1.54) is 13.3 Å². The summed E-state index contributed by atoms with van der Waals surface area (Å²) in [5.74, 6) is -0.371. The number of aryl methyl sites for hydroxylation is 1. The van der Waals surface area contributed by atoms with E-state index in [-0.39, 0.29) is 5.91 Å². The molecule has 0 saturated heterocycles. The van der Waals surface area contributed by atoms with Gasteiger partial charge in [0.2, 0.25) is 0 Å². The smallest absolute Gasteiger partial charge is 0.343 e. The molecule has 0 saturated carbocycles. The van der Waals surface area contributed by atoms with Crippen LogP contribution in [0.25, 0.3) is 0 Å². The van der Waals surface area contributed by atoms with E-state index in [1.807, 2.05) is 49.4 Å². The highest BCUT2D eigenvalue weighted by Gasteiger charge is 2.19. The van der Waals surface area contributed by atoms with Gasteiger partial charge in [-0.05, 0) is 54.4 Å². The van der Waals surface area contributed by atoms with Gasteiger partial charge < -0.3 is 9.47 Å². The fourth-order valence-electron chi connectivity index (χ4n) is 2.73. The number of ether oxygens (including phenoxy) is 2. The second-order valence-corrected chi connectivity index (χ2v) is 6.59. The Balaban J connectivity index is 1.56. The number of amides is 1. The first-order valence-corrected chi connectivity index (χ1v) is 9.36. The molecular formula is C24H22N2O4. The predicted octanol–water partition coefficient (Wildman–Crippen LogP) is 4.05. The third-order valence-electron chi connectivity index (χ3n) is 4.34. The summed E-state index contributed by atoms with van der Waals surface area (Å²) in [6, 6.07) is 23.1. The molecule has 3 aromatic carbocycles. The Morgan fingerprint density at radius 3 is 2.23 bits per heavy atom. The highest BCUT2D eigenvalue weighted by Crippen LogP contribution is 2.16. The molecule has 1 atom stereocenters. The second-order valence-electron chi connectivity index (χ2n) is 6.59. The zero-order valence-electron chi connectivity index (χ0n) is 16.7. The minimum absolute atomic E-state index is 0.372. The Morgan fingerprint density at radius 2 is 1.60 bits per heavy atom. The molecule has 0 aliphatic heterocycles. The number of rotatable bonds is 7. The van der Waals surface area contributed by atoms with E-state index in [9.17, 15) is 9.59 Å². The highest BCUT2D eigenvalue weighted by atomic mass is 16.5. The predicted molar refractivity (Wildman–Crippen MR) is 115 cm³/mol. The molecule has 6 heteroatoms. The van der Waals surface area contributed by atoms with Crippen molar-refractivity contribution in [1.82, 2.24) is 5.43 Å². The van der Waals surface area contributed by atoms with E-state index in [2.05, 4.69) is 10.5 Å². The molecule has 3 aromatic rings. The number of hydrogen-bond donors (Lipinski definition) is 1. The first-order chi connectivity index (χ1) is 14.6. The third-order valence-corrected chi connectivity index (χ3v) is 4.34. The van der Waals surface area contributed by atoms with Crippen molar-refractivity contribution in [2.24, 2.45) is 5.10 Å². The normalized spacial score (nSPS) is 11.8. The van der Waals surface area contributed by atoms with Gasteiger partial charge in [-0.1, -0.05) is 48.0 Å². The number of hydrogen-bond acceptors (Lipinski definition) is 5. The monoisotopic (exact) mass is 402 g/mol. The summed E-state index contributed by atoms with van der Waals surface area (Å²) in [6.07, 6.45) is 0.758. The van der Waals surface area contributed by atoms with Crippen molar-refractivity contribution in [1.29, 1.82) is 0 Å². The summed E-state index contributed by atoms with van der Waals surface area (Å²) in [4.78, 5) is 24.4. The van der Waals surface area contributed by atoms with Crippen LogP contribution < -0.4 is 10.2 Å². The van der Waals surface area contributed by atoms with Crippen molar-refractivity contribution in [3.8, 4) is 5.75 Å². The summed E-state index contributed by atoms with van der Waals surface area (Å²) in [6.45, 7) is 1.95. The molecule has 0 radical (unpaired) electrons. The van der Waals surface area contributed by atoms with Gasteiger partial charge in [0.1, 0.15) is 5.75 Å². The Labute approximate surface area is 175 Å². The van der Waals surface area contributed by atoms with Crippen molar-refractivity contribution < 1.29 is 19.1 Å². The molecule has 6 nitrogen and oxygen atoms in total. The summed E-state index contributed by atoms with van der Waals surface area (Å²) < 4.78 is 10.6. The molecule has 0 fully saturated rings. The lowest BCUT2D eigenvalue weighted by Gasteiger charge is -2.13. The van der Waals surface area contributed by atoms with Crippen LogP contribution in [-0.2, 0) is 9.53 Å². The van der Waals surface area contributed by atoms with Crippen LogP contribution in [0.5, 0.6) is 5.75 Å². The van der Waals surface area contributed by atoms with E-state index in [1.54, 1.807) is 36.4 Å². The molecule has 0 unspecified atom stereocenters. The Hall–Kier alpha value is -3.77. The van der Waals surface area contributed by atoms with Gasteiger partial charge in [0.15, 0.2) is 6.10 Å². The Bertz CT molecular complexity index is 1010. The van der Waals surface area contributed by atoms with Crippen molar-refractivity contribution in [2.45, 2.75) is 13.0 Å². The van der Waals surface area contributed by atoms with Crippen LogP contribution in [0.4, 0.5) is 0 Å². The summed E-state index contributed by atoms with van der Waals surface area (Å²) in [5, 5.41) is 3.97. The molecule has 0 spiro atoms. The standard InChI is InChI=1S/C24H22N2O4/c1-17-8-12-20(13-9-17)24(28)30-21-14-10-18(11-15-21)16-25-26-23(27)22(29-2)19-6-4-3-5-7-19/h3-16,22H,1-2H3,(H,26,27)/b25-16-/t22-/m0/s1. The Kier molecular flexibility index (Phi) is 7.08. The molecule has 0 aromatic heterocycles. The molecular weight excluding hydrogens is 380 g/mol. The fraction of sp³-hybridized carbons (Fsp3) is 0.125. The van der Waals surface area contributed by atoms with Crippen LogP contribution in [0.15, 0.2) is 84.0 Å². The van der Waals surface area contributed by atoms with Gasteiger partial charge in [-0.3, -0.25) is 4.79 Å². The van der Waals surface area contributed by atoms with Gasteiger partial charge in [0.25, 0.3) is 5.91 Å². The fourth-order valence-corrected chi connectivity index (χ4v) is 2.73. The van der Waals surface area contributed by atoms with Crippen LogP contribution in [0.1, 0.15) is 33.2 Å². The zero-order chi connectivity index (χ0) is 21.3. The van der Waals surface area contributed by atoms with Crippen molar-refractivity contribution in [3.05, 3.63) is 101 Å². The average Bonchev–Trinajstić information content (AvgIpc) is 2.77. The maximum absolute atomic E-state index is 12.3. The van der Waals surface area contributed by atoms with Gasteiger partial charge in [-0.2, -0.15) is 5.10 Å². The van der Waals surface area contributed by atoms with Gasteiger partial charge in [0, 0.05) is 7.11 Å². The number of carbonyl (C=O) groups excluding carboxylic acids is 2. The topological polar surface area (TPSA) is 77.0 Å². The lowest BCUT2D eigenvalue weighted by atomic mass is 10.1. The molecule has 0 aliphatic rings. The molecule has 30 heavy (non-hydrogen) atoms. The van der Waals surface area contributed by atoms with E-state index in [0.717, 1.165) is 16.7 Å². The molecule has 1 amide bonds. The van der Waals surface area contributed by atoms with Gasteiger partial charge in [0.05, 0.1) is 11.8 Å². The second kappa shape index (κ2) is 10.1. The first kappa shape index (κ1) is 21.0. The van der Waals surface area contributed by atoms with E-state index in [0.29, 0.717) is 11.3 Å². The van der Waals surface area contributed by atoms with E-state index in [4.69, 9.17) is 9.47 Å². The maximum Gasteiger partial charge on any atom is 0.343 e. The summed E-state index contributed by atoms with van der Waals surface area (Å²) >= 11 is 0. The largest absolute Gasteiger partial charge is 0.423 e. The molecule has 1 N–H and O–H groups in total. The highest BCUT2D eigenvalue weighted by molar-refractivity contribution is 5.91. The van der Waals surface area contributed by atoms with E-state index < -0.39 is 12.1 Å². The lowest BCUT2D eigenvalue weighted by Crippen LogP contribution is -2.26. The number of nitrogens with one attached hydrogen (secondary N) is 1.